The van der Waals surface area contributed by atoms with Crippen molar-refractivity contribution in [2.75, 3.05) is 0 Å². The first-order valence-electron chi connectivity index (χ1n) is 16.5. The molecule has 0 amide bonds. The molecule has 0 fully saturated rings. The Hall–Kier alpha value is -1.08. The van der Waals surface area contributed by atoms with E-state index in [2.05, 4.69) is 51.3 Å². The van der Waals surface area contributed by atoms with Crippen molar-refractivity contribution >= 4 is 0 Å². The van der Waals surface area contributed by atoms with Crippen LogP contribution in [0.15, 0.2) is 49.6 Å². The Morgan fingerprint density at radius 2 is 0.811 bits per heavy atom. The van der Waals surface area contributed by atoms with Crippen LogP contribution in [0.25, 0.3) is 0 Å². The van der Waals surface area contributed by atoms with Crippen molar-refractivity contribution in [2.45, 2.75) is 180 Å². The van der Waals surface area contributed by atoms with Gasteiger partial charge >= 0.3 is 0 Å². The summed E-state index contributed by atoms with van der Waals surface area (Å²) in [6, 6.07) is 0. The molecule has 0 aromatic rings. The van der Waals surface area contributed by atoms with Gasteiger partial charge in [-0.15, -0.1) is 13.2 Å². The Morgan fingerprint density at radius 1 is 0.459 bits per heavy atom. The molecule has 37 heavy (non-hydrogen) atoms. The zero-order valence-electron chi connectivity index (χ0n) is 25.4. The van der Waals surface area contributed by atoms with Crippen molar-refractivity contribution in [2.24, 2.45) is 0 Å². The van der Waals surface area contributed by atoms with Crippen LogP contribution < -0.4 is 0 Å². The van der Waals surface area contributed by atoms with Crippen LogP contribution in [0, 0.1) is 0 Å². The molecule has 2 unspecified atom stereocenters. The molecule has 2 atom stereocenters. The monoisotopic (exact) mass is 515 g/mol. The van der Waals surface area contributed by atoms with Gasteiger partial charge in [-0.2, -0.15) is 0 Å². The highest BCUT2D eigenvalue weighted by Crippen LogP contribution is 2.19. The fourth-order valence-corrected chi connectivity index (χ4v) is 4.85. The van der Waals surface area contributed by atoms with Gasteiger partial charge in [0.25, 0.3) is 0 Å². The average Bonchev–Trinajstić information content (AvgIpc) is 2.91. The van der Waals surface area contributed by atoms with Crippen LogP contribution in [0.3, 0.4) is 0 Å². The van der Waals surface area contributed by atoms with E-state index in [0.717, 1.165) is 25.7 Å². The summed E-state index contributed by atoms with van der Waals surface area (Å²) in [5.41, 5.74) is 0. The predicted octanol–water partition coefficient (Wildman–Crippen LogP) is 12.6. The molecule has 0 aromatic carbocycles. The zero-order valence-corrected chi connectivity index (χ0v) is 25.4. The van der Waals surface area contributed by atoms with E-state index in [1.807, 2.05) is 12.2 Å². The molecule has 0 aliphatic carbocycles. The van der Waals surface area contributed by atoms with Gasteiger partial charge in [-0.25, -0.2) is 0 Å². The predicted molar refractivity (Wildman–Crippen MR) is 169 cm³/mol. The minimum Gasteiger partial charge on any atom is -0.367 e. The maximum Gasteiger partial charge on any atom is 0.0763 e. The Labute approximate surface area is 234 Å². The second-order valence-corrected chi connectivity index (χ2v) is 11.0. The van der Waals surface area contributed by atoms with Gasteiger partial charge in [0.1, 0.15) is 0 Å². The Bertz CT molecular complexity index is 471. The maximum atomic E-state index is 6.80. The number of unbranched alkanes of at least 4 members (excludes halogenated alkanes) is 18. The summed E-state index contributed by atoms with van der Waals surface area (Å²) in [5, 5.41) is 0. The summed E-state index contributed by atoms with van der Waals surface area (Å²) in [6.45, 7) is 12.3. The lowest BCUT2D eigenvalue weighted by atomic mass is 10.0. The van der Waals surface area contributed by atoms with Crippen LogP contribution in [0.2, 0.25) is 0 Å². The third-order valence-electron chi connectivity index (χ3n) is 7.29. The molecular weight excluding hydrogens is 448 g/mol. The summed E-state index contributed by atoms with van der Waals surface area (Å²) in [6.07, 6.45) is 45.1. The average molecular weight is 515 g/mol. The molecule has 0 N–H and O–H groups in total. The van der Waals surface area contributed by atoms with Crippen LogP contribution in [-0.2, 0) is 4.74 Å². The first-order valence-corrected chi connectivity index (χ1v) is 16.5. The van der Waals surface area contributed by atoms with Crippen molar-refractivity contribution in [1.82, 2.24) is 0 Å². The van der Waals surface area contributed by atoms with E-state index in [-0.39, 0.29) is 12.2 Å². The Morgan fingerprint density at radius 3 is 1.22 bits per heavy atom. The zero-order chi connectivity index (χ0) is 27.1. The standard InChI is InChI=1S/C36H66O/c1-5-9-13-17-21-25-29-33-35(31-27-23-19-15-11-7-3)37-36(32-28-24-20-16-12-8-4)34-30-26-22-18-14-10-6-2/h5-6,27-28,31-32,35-36H,1-2,7-26,29-30,33-34H2,3-4H3. The minimum atomic E-state index is 0.265. The molecule has 0 spiro atoms. The highest BCUT2D eigenvalue weighted by Gasteiger charge is 2.12. The number of hydrogen-bond acceptors (Lipinski definition) is 1. The summed E-state index contributed by atoms with van der Waals surface area (Å²) in [7, 11) is 0. The molecule has 0 heterocycles. The Balaban J connectivity index is 4.81. The van der Waals surface area contributed by atoms with Gasteiger partial charge in [0.05, 0.1) is 12.2 Å². The second-order valence-electron chi connectivity index (χ2n) is 11.0. The van der Waals surface area contributed by atoms with E-state index >= 15 is 0 Å². The lowest BCUT2D eigenvalue weighted by Crippen LogP contribution is -2.19. The molecule has 0 rings (SSSR count). The van der Waals surface area contributed by atoms with E-state index in [0.29, 0.717) is 0 Å². The van der Waals surface area contributed by atoms with E-state index in [1.165, 1.54) is 128 Å². The van der Waals surface area contributed by atoms with Gasteiger partial charge in [-0.1, -0.05) is 140 Å². The highest BCUT2D eigenvalue weighted by molar-refractivity contribution is 4.95. The topological polar surface area (TPSA) is 9.23 Å². The first kappa shape index (κ1) is 35.9. The fraction of sp³-hybridized carbons (Fsp3) is 0.778. The smallest absolute Gasteiger partial charge is 0.0763 e. The molecule has 0 bridgehead atoms. The fourth-order valence-electron chi connectivity index (χ4n) is 4.85. The molecular formula is C36H66O. The molecule has 0 saturated heterocycles. The Kier molecular flexibility index (Phi) is 30.2. The summed E-state index contributed by atoms with van der Waals surface area (Å²) in [5.74, 6) is 0. The van der Waals surface area contributed by atoms with E-state index in [9.17, 15) is 0 Å². The van der Waals surface area contributed by atoms with Crippen molar-refractivity contribution in [1.29, 1.82) is 0 Å². The first-order chi connectivity index (χ1) is 18.3. The van der Waals surface area contributed by atoms with Crippen molar-refractivity contribution in [3.8, 4) is 0 Å². The van der Waals surface area contributed by atoms with Gasteiger partial charge in [-0.05, 0) is 64.2 Å². The third kappa shape index (κ3) is 27.8. The molecule has 1 heteroatoms. The van der Waals surface area contributed by atoms with Gasteiger partial charge < -0.3 is 4.74 Å². The summed E-state index contributed by atoms with van der Waals surface area (Å²) < 4.78 is 6.80. The van der Waals surface area contributed by atoms with E-state index in [1.54, 1.807) is 0 Å². The largest absolute Gasteiger partial charge is 0.367 e. The van der Waals surface area contributed by atoms with Crippen molar-refractivity contribution in [3.05, 3.63) is 49.6 Å². The number of allylic oxidation sites excluding steroid dienone is 4. The second kappa shape index (κ2) is 31.1. The van der Waals surface area contributed by atoms with Crippen LogP contribution in [-0.4, -0.2) is 12.2 Å². The van der Waals surface area contributed by atoms with Crippen LogP contribution in [0.1, 0.15) is 168 Å². The normalized spacial score (nSPS) is 13.5. The highest BCUT2D eigenvalue weighted by atomic mass is 16.5. The summed E-state index contributed by atoms with van der Waals surface area (Å²) in [4.78, 5) is 0. The molecule has 0 aliphatic heterocycles. The van der Waals surface area contributed by atoms with Crippen molar-refractivity contribution in [3.63, 3.8) is 0 Å². The quantitative estimate of drug-likeness (QED) is 0.0684. The molecule has 0 radical (unpaired) electrons. The van der Waals surface area contributed by atoms with Crippen LogP contribution >= 0.6 is 0 Å². The van der Waals surface area contributed by atoms with E-state index < -0.39 is 0 Å². The van der Waals surface area contributed by atoms with Crippen LogP contribution in [0.4, 0.5) is 0 Å². The third-order valence-corrected chi connectivity index (χ3v) is 7.29. The van der Waals surface area contributed by atoms with Crippen LogP contribution in [0.5, 0.6) is 0 Å². The van der Waals surface area contributed by atoms with Gasteiger partial charge in [0.2, 0.25) is 0 Å². The maximum absolute atomic E-state index is 6.80. The summed E-state index contributed by atoms with van der Waals surface area (Å²) >= 11 is 0. The molecule has 0 saturated carbocycles. The minimum absolute atomic E-state index is 0.265. The van der Waals surface area contributed by atoms with E-state index in [4.69, 9.17) is 4.74 Å². The molecule has 0 aromatic heterocycles. The SMILES string of the molecule is C=CCCCCCCCC(C=CCCCCCC)OC(C=CCCCCCC)CCCCCCCC=C. The lowest BCUT2D eigenvalue weighted by Gasteiger charge is -2.21. The molecule has 1 nitrogen and oxygen atoms in total. The molecule has 0 aliphatic rings. The number of hydrogen-bond donors (Lipinski definition) is 0. The van der Waals surface area contributed by atoms with Gasteiger partial charge in [-0.3, -0.25) is 0 Å². The van der Waals surface area contributed by atoms with Gasteiger partial charge in [0, 0.05) is 0 Å². The number of ether oxygens (including phenoxy) is 1. The lowest BCUT2D eigenvalue weighted by molar-refractivity contribution is 0.0292. The van der Waals surface area contributed by atoms with Crippen molar-refractivity contribution < 1.29 is 4.74 Å². The molecule has 216 valence electrons. The van der Waals surface area contributed by atoms with Gasteiger partial charge in [0.15, 0.2) is 0 Å². The number of rotatable bonds is 30.